The number of benzene rings is 1. The molecule has 2 aromatic heterocycles. The second kappa shape index (κ2) is 7.26. The molecule has 24 heavy (non-hydrogen) atoms. The van der Waals surface area contributed by atoms with Crippen LogP contribution in [0.2, 0.25) is 0 Å². The molecule has 0 unspecified atom stereocenters. The van der Waals surface area contributed by atoms with Gasteiger partial charge in [-0.1, -0.05) is 42.1 Å². The van der Waals surface area contributed by atoms with Crippen LogP contribution in [0, 0.1) is 6.92 Å². The van der Waals surface area contributed by atoms with Gasteiger partial charge in [-0.05, 0) is 12.5 Å². The molecule has 0 saturated heterocycles. The van der Waals surface area contributed by atoms with E-state index < -0.39 is 0 Å². The highest BCUT2D eigenvalue weighted by atomic mass is 32.2. The third kappa shape index (κ3) is 3.62. The lowest BCUT2D eigenvalue weighted by Gasteiger charge is -2.05. The molecule has 0 fully saturated rings. The quantitative estimate of drug-likeness (QED) is 0.628. The summed E-state index contributed by atoms with van der Waals surface area (Å²) in [5, 5.41) is 5.10. The van der Waals surface area contributed by atoms with Crippen molar-refractivity contribution in [3.63, 3.8) is 0 Å². The third-order valence-corrected chi connectivity index (χ3v) is 4.01. The van der Waals surface area contributed by atoms with Crippen LogP contribution in [0.5, 0.6) is 12.0 Å². The molecule has 1 aromatic carbocycles. The Balaban J connectivity index is 1.83. The number of rotatable bonds is 6. The molecule has 124 valence electrons. The SMILES string of the molecule is COc1nc(OC)nc(-n2nc(SCc3ccccc3)nc2C)n1. The van der Waals surface area contributed by atoms with E-state index in [0.717, 1.165) is 5.75 Å². The van der Waals surface area contributed by atoms with Crippen LogP contribution < -0.4 is 9.47 Å². The van der Waals surface area contributed by atoms with Crippen LogP contribution in [0.25, 0.3) is 5.95 Å². The molecule has 0 aliphatic heterocycles. The molecule has 0 amide bonds. The topological polar surface area (TPSA) is 87.8 Å². The highest BCUT2D eigenvalue weighted by Crippen LogP contribution is 2.21. The van der Waals surface area contributed by atoms with E-state index in [1.54, 1.807) is 16.4 Å². The van der Waals surface area contributed by atoms with Gasteiger partial charge in [0.15, 0.2) is 0 Å². The van der Waals surface area contributed by atoms with Crippen molar-refractivity contribution in [2.75, 3.05) is 14.2 Å². The predicted molar refractivity (Wildman–Crippen MR) is 88.6 cm³/mol. The van der Waals surface area contributed by atoms with Gasteiger partial charge < -0.3 is 9.47 Å². The molecule has 0 atom stereocenters. The fourth-order valence-corrected chi connectivity index (χ4v) is 2.77. The Morgan fingerprint density at radius 3 is 2.25 bits per heavy atom. The first-order valence-corrected chi connectivity index (χ1v) is 8.13. The van der Waals surface area contributed by atoms with E-state index in [1.807, 2.05) is 25.1 Å². The smallest absolute Gasteiger partial charge is 0.324 e. The van der Waals surface area contributed by atoms with Gasteiger partial charge in [0.05, 0.1) is 14.2 Å². The van der Waals surface area contributed by atoms with Crippen LogP contribution in [0.4, 0.5) is 0 Å². The van der Waals surface area contributed by atoms with E-state index in [1.165, 1.54) is 19.8 Å². The molecular weight excluding hydrogens is 328 g/mol. The maximum absolute atomic E-state index is 5.06. The highest BCUT2D eigenvalue weighted by Gasteiger charge is 2.14. The Hall–Kier alpha value is -2.68. The van der Waals surface area contributed by atoms with Crippen molar-refractivity contribution in [3.8, 4) is 18.0 Å². The lowest BCUT2D eigenvalue weighted by Crippen LogP contribution is -2.09. The number of aromatic nitrogens is 6. The van der Waals surface area contributed by atoms with Gasteiger partial charge in [0, 0.05) is 5.75 Å². The second-order valence-electron chi connectivity index (χ2n) is 4.74. The molecule has 3 aromatic rings. The molecule has 3 rings (SSSR count). The fourth-order valence-electron chi connectivity index (χ4n) is 1.94. The van der Waals surface area contributed by atoms with Crippen LogP contribution >= 0.6 is 11.8 Å². The highest BCUT2D eigenvalue weighted by molar-refractivity contribution is 7.98. The lowest BCUT2D eigenvalue weighted by molar-refractivity contribution is 0.338. The predicted octanol–water partition coefficient (Wildman–Crippen LogP) is 2.07. The van der Waals surface area contributed by atoms with Crippen molar-refractivity contribution < 1.29 is 9.47 Å². The van der Waals surface area contributed by atoms with Gasteiger partial charge in [-0.3, -0.25) is 0 Å². The van der Waals surface area contributed by atoms with Gasteiger partial charge in [-0.15, -0.1) is 10.1 Å². The van der Waals surface area contributed by atoms with E-state index in [2.05, 4.69) is 37.2 Å². The zero-order chi connectivity index (χ0) is 16.9. The van der Waals surface area contributed by atoms with E-state index in [0.29, 0.717) is 16.9 Å². The Kier molecular flexibility index (Phi) is 4.90. The molecule has 9 heteroatoms. The summed E-state index contributed by atoms with van der Waals surface area (Å²) in [7, 11) is 2.96. The third-order valence-electron chi connectivity index (χ3n) is 3.10. The number of nitrogens with zero attached hydrogens (tertiary/aromatic N) is 6. The van der Waals surface area contributed by atoms with Crippen molar-refractivity contribution in [2.45, 2.75) is 17.8 Å². The number of hydrogen-bond acceptors (Lipinski definition) is 8. The van der Waals surface area contributed by atoms with Crippen molar-refractivity contribution >= 4 is 11.8 Å². The summed E-state index contributed by atoms with van der Waals surface area (Å²) in [6.07, 6.45) is 0. The Bertz CT molecular complexity index is 802. The largest absolute Gasteiger partial charge is 0.467 e. The van der Waals surface area contributed by atoms with Crippen molar-refractivity contribution in [2.24, 2.45) is 0 Å². The van der Waals surface area contributed by atoms with Crippen LogP contribution in [-0.2, 0) is 5.75 Å². The fraction of sp³-hybridized carbons (Fsp3) is 0.267. The number of ether oxygens (including phenoxy) is 2. The molecule has 0 aliphatic rings. The van der Waals surface area contributed by atoms with Gasteiger partial charge in [0.1, 0.15) is 5.82 Å². The maximum Gasteiger partial charge on any atom is 0.324 e. The van der Waals surface area contributed by atoms with Crippen LogP contribution in [0.15, 0.2) is 35.5 Å². The Labute approximate surface area is 143 Å². The Morgan fingerprint density at radius 2 is 1.62 bits per heavy atom. The monoisotopic (exact) mass is 344 g/mol. The molecule has 0 spiro atoms. The summed E-state index contributed by atoms with van der Waals surface area (Å²) in [5.74, 6) is 1.75. The van der Waals surface area contributed by atoms with E-state index in [4.69, 9.17) is 9.47 Å². The van der Waals surface area contributed by atoms with Crippen molar-refractivity contribution in [1.82, 2.24) is 29.7 Å². The first kappa shape index (κ1) is 16.2. The average Bonchev–Trinajstić information content (AvgIpc) is 3.01. The lowest BCUT2D eigenvalue weighted by atomic mass is 10.2. The molecule has 0 bridgehead atoms. The van der Waals surface area contributed by atoms with Gasteiger partial charge in [-0.25, -0.2) is 4.98 Å². The zero-order valence-corrected chi connectivity index (χ0v) is 14.3. The Morgan fingerprint density at radius 1 is 0.958 bits per heavy atom. The number of aryl methyl sites for hydroxylation is 1. The van der Waals surface area contributed by atoms with Crippen LogP contribution in [-0.4, -0.2) is 43.9 Å². The first-order valence-electron chi connectivity index (χ1n) is 7.14. The summed E-state index contributed by atoms with van der Waals surface area (Å²) in [4.78, 5) is 16.8. The van der Waals surface area contributed by atoms with Crippen LogP contribution in [0.1, 0.15) is 11.4 Å². The normalized spacial score (nSPS) is 10.6. The minimum atomic E-state index is 0.158. The summed E-state index contributed by atoms with van der Waals surface area (Å²) in [5.41, 5.74) is 1.21. The van der Waals surface area contributed by atoms with Gasteiger partial charge in [-0.2, -0.15) is 14.6 Å². The first-order chi connectivity index (χ1) is 11.7. The average molecular weight is 344 g/mol. The number of thioether (sulfide) groups is 1. The molecule has 0 saturated carbocycles. The van der Waals surface area contributed by atoms with Gasteiger partial charge in [0.25, 0.3) is 5.95 Å². The molecule has 8 nitrogen and oxygen atoms in total. The van der Waals surface area contributed by atoms with E-state index >= 15 is 0 Å². The second-order valence-corrected chi connectivity index (χ2v) is 5.68. The maximum atomic E-state index is 5.06. The molecule has 2 heterocycles. The molecule has 0 N–H and O–H groups in total. The van der Waals surface area contributed by atoms with E-state index in [-0.39, 0.29) is 12.0 Å². The number of hydrogen-bond donors (Lipinski definition) is 0. The summed E-state index contributed by atoms with van der Waals surface area (Å²) >= 11 is 1.55. The summed E-state index contributed by atoms with van der Waals surface area (Å²) in [6, 6.07) is 10.5. The minimum absolute atomic E-state index is 0.158. The summed E-state index contributed by atoms with van der Waals surface area (Å²) in [6.45, 7) is 1.84. The molecular formula is C15H16N6O2S. The van der Waals surface area contributed by atoms with Gasteiger partial charge in [0.2, 0.25) is 5.16 Å². The van der Waals surface area contributed by atoms with Crippen LogP contribution in [0.3, 0.4) is 0 Å². The van der Waals surface area contributed by atoms with Crippen molar-refractivity contribution in [3.05, 3.63) is 41.7 Å². The zero-order valence-electron chi connectivity index (χ0n) is 13.5. The number of methoxy groups -OCH3 is 2. The van der Waals surface area contributed by atoms with Gasteiger partial charge >= 0.3 is 12.0 Å². The van der Waals surface area contributed by atoms with E-state index in [9.17, 15) is 0 Å². The van der Waals surface area contributed by atoms with Crippen molar-refractivity contribution in [1.29, 1.82) is 0 Å². The molecule has 0 aliphatic carbocycles. The minimum Gasteiger partial charge on any atom is -0.467 e. The standard InChI is InChI=1S/C15H16N6O2S/c1-10-16-15(24-9-11-7-5-4-6-8-11)20-21(10)12-17-13(22-2)19-14(18-12)23-3/h4-8H,9H2,1-3H3. The summed E-state index contributed by atoms with van der Waals surface area (Å²) < 4.78 is 11.7. The molecule has 0 radical (unpaired) electrons.